The van der Waals surface area contributed by atoms with Gasteiger partial charge < -0.3 is 13.9 Å². The molecule has 0 aliphatic carbocycles. The van der Waals surface area contributed by atoms with Gasteiger partial charge in [-0.3, -0.25) is 14.3 Å². The van der Waals surface area contributed by atoms with Crippen molar-refractivity contribution in [3.05, 3.63) is 98.2 Å². The Hall–Kier alpha value is -2.56. The van der Waals surface area contributed by atoms with Gasteiger partial charge in [0.15, 0.2) is 12.5 Å². The van der Waals surface area contributed by atoms with Crippen molar-refractivity contribution < 1.29 is 13.9 Å². The van der Waals surface area contributed by atoms with Gasteiger partial charge in [0, 0.05) is 6.20 Å². The second kappa shape index (κ2) is 10.6. The molecule has 7 nitrogen and oxygen atoms in total. The number of halogens is 1. The van der Waals surface area contributed by atoms with Gasteiger partial charge in [0.25, 0.3) is 13.9 Å². The number of aromatic nitrogens is 2. The van der Waals surface area contributed by atoms with Crippen LogP contribution in [0.3, 0.4) is 0 Å². The fourth-order valence-corrected chi connectivity index (χ4v) is 9.36. The van der Waals surface area contributed by atoms with Crippen molar-refractivity contribution in [3.8, 4) is 0 Å². The predicted octanol–water partition coefficient (Wildman–Crippen LogP) is 3.35. The second-order valence-electron chi connectivity index (χ2n) is 9.37. The van der Waals surface area contributed by atoms with Crippen LogP contribution in [0.2, 0.25) is 5.04 Å². The van der Waals surface area contributed by atoms with Gasteiger partial charge in [-0.1, -0.05) is 97.4 Å². The maximum absolute atomic E-state index is 12.4. The lowest BCUT2D eigenvalue weighted by Gasteiger charge is -2.43. The Morgan fingerprint density at radius 2 is 1.69 bits per heavy atom. The lowest BCUT2D eigenvalue weighted by Crippen LogP contribution is -2.67. The zero-order valence-electron chi connectivity index (χ0n) is 19.9. The van der Waals surface area contributed by atoms with Crippen LogP contribution in [0.4, 0.5) is 0 Å². The van der Waals surface area contributed by atoms with Gasteiger partial charge in [-0.05, 0) is 26.5 Å². The zero-order valence-corrected chi connectivity index (χ0v) is 22.5. The molecule has 0 spiro atoms. The highest BCUT2D eigenvalue weighted by Gasteiger charge is 2.50. The van der Waals surface area contributed by atoms with E-state index in [1.54, 1.807) is 11.1 Å². The summed E-state index contributed by atoms with van der Waals surface area (Å²) < 4.78 is 20.2. The lowest BCUT2D eigenvalue weighted by molar-refractivity contribution is -0.0956. The molecule has 1 N–H and O–H groups in total. The molecule has 0 bridgehead atoms. The van der Waals surface area contributed by atoms with Gasteiger partial charge in [-0.15, -0.1) is 0 Å². The summed E-state index contributed by atoms with van der Waals surface area (Å²) in [6.07, 6.45) is 1.71. The first-order valence-corrected chi connectivity index (χ1v) is 14.2. The van der Waals surface area contributed by atoms with Crippen LogP contribution in [0.25, 0.3) is 6.08 Å². The summed E-state index contributed by atoms with van der Waals surface area (Å²) in [6.45, 7) is 6.99. The van der Waals surface area contributed by atoms with Crippen LogP contribution < -0.4 is 21.6 Å². The summed E-state index contributed by atoms with van der Waals surface area (Å²) in [5.74, 6) is 0. The first-order valence-electron chi connectivity index (χ1n) is 11.4. The van der Waals surface area contributed by atoms with Crippen molar-refractivity contribution in [1.29, 1.82) is 0 Å². The highest BCUT2D eigenvalue weighted by molar-refractivity contribution is 9.11. The number of nitrogens with zero attached hydrogens (tertiary/aromatic N) is 1. The topological polar surface area (TPSA) is 82.5 Å². The summed E-state index contributed by atoms with van der Waals surface area (Å²) in [5, 5.41) is 2.15. The summed E-state index contributed by atoms with van der Waals surface area (Å²) in [7, 11) is -2.75. The quantitative estimate of drug-likeness (QED) is 0.451. The Bertz CT molecular complexity index is 1250. The number of nitrogens with one attached hydrogen (secondary N) is 1. The zero-order chi connectivity index (χ0) is 25.1. The number of hydrogen-bond acceptors (Lipinski definition) is 5. The molecule has 0 amide bonds. The van der Waals surface area contributed by atoms with E-state index in [1.165, 1.54) is 10.8 Å². The van der Waals surface area contributed by atoms with Crippen LogP contribution >= 0.6 is 15.9 Å². The molecule has 0 saturated carbocycles. The van der Waals surface area contributed by atoms with Crippen LogP contribution in [0, 0.1) is 0 Å². The molecular weight excluding hydrogens is 528 g/mol. The van der Waals surface area contributed by atoms with Crippen molar-refractivity contribution in [1.82, 2.24) is 9.55 Å². The molecule has 4 rings (SSSR count). The average molecular weight is 558 g/mol. The highest BCUT2D eigenvalue weighted by atomic mass is 79.9. The molecule has 1 aliphatic heterocycles. The normalized spacial score (nSPS) is 18.9. The largest absolute Gasteiger partial charge is 0.402 e. The van der Waals surface area contributed by atoms with Gasteiger partial charge in [0.2, 0.25) is 0 Å². The molecule has 1 aromatic heterocycles. The SMILES string of the molecule is CC(C)(C)[Si](OC[C@H]1OC[C@@H](n2cc(/C=C/Br)c(=O)[nH]c2=O)O1)(c1ccccc1)c1ccccc1. The number of ether oxygens (including phenoxy) is 2. The molecule has 0 radical (unpaired) electrons. The van der Waals surface area contributed by atoms with E-state index in [4.69, 9.17) is 13.9 Å². The third kappa shape index (κ3) is 5.19. The molecule has 0 unspecified atom stereocenters. The van der Waals surface area contributed by atoms with Gasteiger partial charge in [-0.2, -0.15) is 0 Å². The first kappa shape index (κ1) is 25.5. The van der Waals surface area contributed by atoms with Crippen LogP contribution in [0.1, 0.15) is 32.6 Å². The number of rotatable bonds is 7. The lowest BCUT2D eigenvalue weighted by atomic mass is 10.2. The molecule has 9 heteroatoms. The molecular formula is C26H29BrN2O5Si. The highest BCUT2D eigenvalue weighted by Crippen LogP contribution is 2.37. The first-order chi connectivity index (χ1) is 16.8. The minimum Gasteiger partial charge on any atom is -0.402 e. The molecule has 2 heterocycles. The van der Waals surface area contributed by atoms with Crippen molar-refractivity contribution in [2.45, 2.75) is 38.3 Å². The van der Waals surface area contributed by atoms with Gasteiger partial charge in [0.1, 0.15) is 0 Å². The molecule has 3 aromatic rings. The summed E-state index contributed by atoms with van der Waals surface area (Å²) in [4.78, 5) is 28.3. The van der Waals surface area contributed by atoms with E-state index in [2.05, 4.69) is 66.0 Å². The number of aromatic amines is 1. The van der Waals surface area contributed by atoms with E-state index in [1.807, 2.05) is 36.4 Å². The molecule has 1 saturated heterocycles. The number of hydrogen-bond donors (Lipinski definition) is 1. The van der Waals surface area contributed by atoms with Crippen molar-refractivity contribution in [2.24, 2.45) is 0 Å². The van der Waals surface area contributed by atoms with E-state index in [0.29, 0.717) is 5.56 Å². The van der Waals surface area contributed by atoms with Crippen molar-refractivity contribution in [3.63, 3.8) is 0 Å². The minimum atomic E-state index is -2.75. The van der Waals surface area contributed by atoms with E-state index >= 15 is 0 Å². The van der Waals surface area contributed by atoms with E-state index in [-0.39, 0.29) is 18.3 Å². The standard InChI is InChI=1S/C26H29BrN2O5Si/c1-26(2,3)35(20-10-6-4-7-11-20,21-12-8-5-9-13-21)33-18-23-32-17-22(34-23)29-16-19(14-15-27)24(30)28-25(29)31/h4-16,22-23H,17-18H2,1-3H3,(H,28,30,31)/b15-14+/t22-,23-/m0/s1. The summed E-state index contributed by atoms with van der Waals surface area (Å²) >= 11 is 3.16. The van der Waals surface area contributed by atoms with Crippen LogP contribution in [-0.2, 0) is 13.9 Å². The predicted molar refractivity (Wildman–Crippen MR) is 143 cm³/mol. The second-order valence-corrected chi connectivity index (χ2v) is 14.2. The summed E-state index contributed by atoms with van der Waals surface area (Å²) in [5.41, 5.74) is -0.687. The van der Waals surface area contributed by atoms with Gasteiger partial charge >= 0.3 is 5.69 Å². The average Bonchev–Trinajstić information content (AvgIpc) is 3.30. The van der Waals surface area contributed by atoms with Crippen LogP contribution in [-0.4, -0.2) is 37.4 Å². The maximum Gasteiger partial charge on any atom is 0.330 e. The number of benzene rings is 2. The Labute approximate surface area is 213 Å². The van der Waals surface area contributed by atoms with Crippen molar-refractivity contribution >= 4 is 40.7 Å². The maximum atomic E-state index is 12.4. The molecule has 1 aliphatic rings. The molecule has 2 atom stereocenters. The van der Waals surface area contributed by atoms with Crippen molar-refractivity contribution in [2.75, 3.05) is 13.2 Å². The smallest absolute Gasteiger partial charge is 0.330 e. The Morgan fingerprint density at radius 1 is 1.09 bits per heavy atom. The van der Waals surface area contributed by atoms with E-state index in [0.717, 1.165) is 10.4 Å². The fraction of sp³-hybridized carbons (Fsp3) is 0.308. The number of H-pyrrole nitrogens is 1. The Balaban J connectivity index is 1.61. The van der Waals surface area contributed by atoms with Gasteiger partial charge in [-0.25, -0.2) is 4.79 Å². The molecule has 1 fully saturated rings. The van der Waals surface area contributed by atoms with E-state index < -0.39 is 32.1 Å². The third-order valence-corrected chi connectivity index (χ3v) is 11.4. The van der Waals surface area contributed by atoms with Crippen LogP contribution in [0.15, 0.2) is 81.4 Å². The molecule has 2 aromatic carbocycles. The van der Waals surface area contributed by atoms with E-state index in [9.17, 15) is 9.59 Å². The Kier molecular flexibility index (Phi) is 7.73. The molecule has 184 valence electrons. The fourth-order valence-electron chi connectivity index (χ4n) is 4.53. The molecule has 35 heavy (non-hydrogen) atoms. The monoisotopic (exact) mass is 556 g/mol. The minimum absolute atomic E-state index is 0.165. The van der Waals surface area contributed by atoms with Gasteiger partial charge in [0.05, 0.1) is 18.8 Å². The summed E-state index contributed by atoms with van der Waals surface area (Å²) in [6, 6.07) is 20.7. The third-order valence-electron chi connectivity index (χ3n) is 6.13. The van der Waals surface area contributed by atoms with Crippen LogP contribution in [0.5, 0.6) is 0 Å². The Morgan fingerprint density at radius 3 is 2.23 bits per heavy atom.